The first-order chi connectivity index (χ1) is 11.6. The van der Waals surface area contributed by atoms with Crippen molar-refractivity contribution in [1.82, 2.24) is 10.2 Å². The Balaban J connectivity index is 1.67. The Morgan fingerprint density at radius 1 is 1.33 bits per heavy atom. The number of hydrogen-bond acceptors (Lipinski definition) is 5. The minimum absolute atomic E-state index is 0.116. The van der Waals surface area contributed by atoms with Crippen molar-refractivity contribution < 1.29 is 14.3 Å². The molecule has 0 aromatic carbocycles. The van der Waals surface area contributed by atoms with Crippen molar-refractivity contribution in [2.45, 2.75) is 63.5 Å². The molecule has 0 spiro atoms. The topological polar surface area (TPSA) is 50.8 Å². The zero-order valence-corrected chi connectivity index (χ0v) is 15.0. The van der Waals surface area contributed by atoms with Crippen LogP contribution in [-0.4, -0.2) is 61.9 Å². The average Bonchev–Trinajstić information content (AvgIpc) is 2.56. The summed E-state index contributed by atoms with van der Waals surface area (Å²) in [4.78, 5) is 14.7. The molecular weight excluding hydrogens is 304 g/mol. The SMILES string of the molecule is C#CCC1(OC(=O)CC(C)NCCN2CCOCC2)CCCCC1. The molecule has 2 rings (SSSR count). The van der Waals surface area contributed by atoms with E-state index in [9.17, 15) is 4.79 Å². The van der Waals surface area contributed by atoms with Gasteiger partial charge in [0.25, 0.3) is 0 Å². The van der Waals surface area contributed by atoms with Gasteiger partial charge in [0.1, 0.15) is 5.60 Å². The molecule has 136 valence electrons. The maximum absolute atomic E-state index is 12.3. The molecule has 1 aliphatic heterocycles. The first-order valence-electron chi connectivity index (χ1n) is 9.32. The van der Waals surface area contributed by atoms with Crippen molar-refractivity contribution >= 4 is 5.97 Å². The molecule has 0 bridgehead atoms. The molecule has 5 nitrogen and oxygen atoms in total. The van der Waals surface area contributed by atoms with E-state index in [-0.39, 0.29) is 12.0 Å². The van der Waals surface area contributed by atoms with Crippen LogP contribution in [0.15, 0.2) is 0 Å². The summed E-state index contributed by atoms with van der Waals surface area (Å²) in [6.45, 7) is 7.53. The van der Waals surface area contributed by atoms with Gasteiger partial charge in [-0.25, -0.2) is 0 Å². The van der Waals surface area contributed by atoms with Crippen LogP contribution in [0.5, 0.6) is 0 Å². The van der Waals surface area contributed by atoms with Gasteiger partial charge in [0, 0.05) is 38.6 Å². The van der Waals surface area contributed by atoms with E-state index in [4.69, 9.17) is 15.9 Å². The number of ether oxygens (including phenoxy) is 2. The predicted octanol–water partition coefficient (Wildman–Crippen LogP) is 1.96. The molecule has 0 aromatic rings. The molecule has 0 radical (unpaired) electrons. The summed E-state index contributed by atoms with van der Waals surface area (Å²) < 4.78 is 11.2. The third-order valence-corrected chi connectivity index (χ3v) is 5.02. The number of morpholine rings is 1. The van der Waals surface area contributed by atoms with Gasteiger partial charge in [-0.15, -0.1) is 12.3 Å². The van der Waals surface area contributed by atoms with E-state index in [1.807, 2.05) is 6.92 Å². The van der Waals surface area contributed by atoms with E-state index >= 15 is 0 Å². The second-order valence-electron chi connectivity index (χ2n) is 7.11. The van der Waals surface area contributed by atoms with Crippen molar-refractivity contribution in [3.63, 3.8) is 0 Å². The molecule has 1 N–H and O–H groups in total. The van der Waals surface area contributed by atoms with E-state index in [0.29, 0.717) is 12.8 Å². The molecule has 1 atom stereocenters. The van der Waals surface area contributed by atoms with Crippen molar-refractivity contribution in [2.75, 3.05) is 39.4 Å². The van der Waals surface area contributed by atoms with E-state index < -0.39 is 5.60 Å². The Hall–Kier alpha value is -1.09. The van der Waals surface area contributed by atoms with Crippen LogP contribution in [-0.2, 0) is 14.3 Å². The van der Waals surface area contributed by atoms with Gasteiger partial charge in [0.2, 0.25) is 0 Å². The monoisotopic (exact) mass is 336 g/mol. The van der Waals surface area contributed by atoms with Gasteiger partial charge in [0.15, 0.2) is 0 Å². The van der Waals surface area contributed by atoms with Crippen LogP contribution in [0.1, 0.15) is 51.9 Å². The van der Waals surface area contributed by atoms with Gasteiger partial charge in [0.05, 0.1) is 19.6 Å². The highest BCUT2D eigenvalue weighted by atomic mass is 16.6. The standard InChI is InChI=1S/C19H32N2O3/c1-3-7-19(8-5-4-6-9-19)24-18(22)16-17(2)20-10-11-21-12-14-23-15-13-21/h1,17,20H,4-16H2,2H3. The summed E-state index contributed by atoms with van der Waals surface area (Å²) in [6.07, 6.45) is 11.6. The fourth-order valence-corrected chi connectivity index (χ4v) is 3.60. The lowest BCUT2D eigenvalue weighted by Gasteiger charge is -2.35. The summed E-state index contributed by atoms with van der Waals surface area (Å²) in [7, 11) is 0. The number of nitrogens with one attached hydrogen (secondary N) is 1. The summed E-state index contributed by atoms with van der Waals surface area (Å²) in [6, 6.07) is 0.116. The third kappa shape index (κ3) is 6.43. The molecule has 1 unspecified atom stereocenters. The van der Waals surface area contributed by atoms with Crippen LogP contribution in [0.25, 0.3) is 0 Å². The Labute approximate surface area is 146 Å². The van der Waals surface area contributed by atoms with Crippen LogP contribution in [0.4, 0.5) is 0 Å². The van der Waals surface area contributed by atoms with E-state index in [1.54, 1.807) is 0 Å². The van der Waals surface area contributed by atoms with Gasteiger partial charge in [-0.2, -0.15) is 0 Å². The molecule has 1 saturated carbocycles. The van der Waals surface area contributed by atoms with Crippen molar-refractivity contribution in [1.29, 1.82) is 0 Å². The van der Waals surface area contributed by atoms with E-state index in [1.165, 1.54) is 6.42 Å². The van der Waals surface area contributed by atoms with Gasteiger partial charge >= 0.3 is 5.97 Å². The lowest BCUT2D eigenvalue weighted by atomic mass is 9.82. The highest BCUT2D eigenvalue weighted by Crippen LogP contribution is 2.34. The van der Waals surface area contributed by atoms with Crippen LogP contribution in [0, 0.1) is 12.3 Å². The summed E-state index contributed by atoms with van der Waals surface area (Å²) in [5, 5.41) is 3.42. The molecule has 2 fully saturated rings. The number of nitrogens with zero attached hydrogens (tertiary/aromatic N) is 1. The maximum Gasteiger partial charge on any atom is 0.307 e. The highest BCUT2D eigenvalue weighted by Gasteiger charge is 2.35. The lowest BCUT2D eigenvalue weighted by Crippen LogP contribution is -2.43. The van der Waals surface area contributed by atoms with Gasteiger partial charge in [-0.3, -0.25) is 9.69 Å². The quantitative estimate of drug-likeness (QED) is 0.542. The fourth-order valence-electron chi connectivity index (χ4n) is 3.60. The number of carbonyl (C=O) groups excluding carboxylic acids is 1. The largest absolute Gasteiger partial charge is 0.458 e. The smallest absolute Gasteiger partial charge is 0.307 e. The second-order valence-corrected chi connectivity index (χ2v) is 7.11. The average molecular weight is 336 g/mol. The zero-order chi connectivity index (χ0) is 17.3. The predicted molar refractivity (Wildman–Crippen MR) is 94.7 cm³/mol. The molecule has 24 heavy (non-hydrogen) atoms. The third-order valence-electron chi connectivity index (χ3n) is 5.02. The van der Waals surface area contributed by atoms with Crippen molar-refractivity contribution in [2.24, 2.45) is 0 Å². The lowest BCUT2D eigenvalue weighted by molar-refractivity contribution is -0.163. The molecule has 5 heteroatoms. The second kappa shape index (κ2) is 10.0. The summed E-state index contributed by atoms with van der Waals surface area (Å²) in [5.74, 6) is 2.57. The van der Waals surface area contributed by atoms with E-state index in [2.05, 4.69) is 16.1 Å². The van der Waals surface area contributed by atoms with Crippen molar-refractivity contribution in [3.8, 4) is 12.3 Å². The highest BCUT2D eigenvalue weighted by molar-refractivity contribution is 5.70. The van der Waals surface area contributed by atoms with Crippen molar-refractivity contribution in [3.05, 3.63) is 0 Å². The Morgan fingerprint density at radius 3 is 2.71 bits per heavy atom. The first-order valence-corrected chi connectivity index (χ1v) is 9.32. The number of terminal acetylenes is 1. The number of hydrogen-bond donors (Lipinski definition) is 1. The van der Waals surface area contributed by atoms with Crippen LogP contribution >= 0.6 is 0 Å². The summed E-state index contributed by atoms with van der Waals surface area (Å²) >= 11 is 0. The Morgan fingerprint density at radius 2 is 2.04 bits per heavy atom. The molecule has 0 amide bonds. The first kappa shape index (κ1) is 19.2. The number of rotatable bonds is 8. The molecule has 1 saturated heterocycles. The zero-order valence-electron chi connectivity index (χ0n) is 15.0. The van der Waals surface area contributed by atoms with Crippen LogP contribution < -0.4 is 5.32 Å². The molecule has 0 aromatic heterocycles. The minimum Gasteiger partial charge on any atom is -0.458 e. The van der Waals surface area contributed by atoms with Gasteiger partial charge in [-0.05, 0) is 32.6 Å². The Bertz CT molecular complexity index is 421. The van der Waals surface area contributed by atoms with Gasteiger partial charge < -0.3 is 14.8 Å². The fraction of sp³-hybridized carbons (Fsp3) is 0.842. The van der Waals surface area contributed by atoms with E-state index in [0.717, 1.165) is 65.1 Å². The normalized spacial score (nSPS) is 22.5. The summed E-state index contributed by atoms with van der Waals surface area (Å²) in [5.41, 5.74) is -0.405. The molecule has 2 aliphatic rings. The minimum atomic E-state index is -0.405. The maximum atomic E-state index is 12.3. The number of carbonyl (C=O) groups is 1. The number of esters is 1. The molecular formula is C19H32N2O3. The Kier molecular flexibility index (Phi) is 8.04. The molecule has 1 aliphatic carbocycles. The van der Waals surface area contributed by atoms with Gasteiger partial charge in [-0.1, -0.05) is 6.42 Å². The molecule has 1 heterocycles. The van der Waals surface area contributed by atoms with Crippen LogP contribution in [0.3, 0.4) is 0 Å². The van der Waals surface area contributed by atoms with Crippen LogP contribution in [0.2, 0.25) is 0 Å².